The fourth-order valence-corrected chi connectivity index (χ4v) is 2.44. The van der Waals surface area contributed by atoms with Crippen LogP contribution in [0.3, 0.4) is 0 Å². The number of carbonyl (C=O) groups excluding carboxylic acids is 1. The van der Waals surface area contributed by atoms with Crippen molar-refractivity contribution in [2.75, 3.05) is 12.3 Å². The van der Waals surface area contributed by atoms with Crippen LogP contribution in [0.1, 0.15) is 23.0 Å². The van der Waals surface area contributed by atoms with Crippen LogP contribution in [0.4, 0.5) is 5.95 Å². The number of nitrogens with one attached hydrogen (secondary N) is 1. The number of amides is 1. The molecular weight excluding hydrogens is 320 g/mol. The fourth-order valence-electron chi connectivity index (χ4n) is 1.96. The minimum atomic E-state index is -0.198. The molecule has 0 atom stereocenters. The van der Waals surface area contributed by atoms with Crippen molar-refractivity contribution in [3.05, 3.63) is 40.0 Å². The number of nitrogen functional groups attached to an aromatic ring is 1. The molecule has 0 bridgehead atoms. The molecule has 1 aromatic carbocycles. The van der Waals surface area contributed by atoms with E-state index in [1.165, 1.54) is 0 Å². The highest BCUT2D eigenvalue weighted by Gasteiger charge is 2.20. The van der Waals surface area contributed by atoms with E-state index in [-0.39, 0.29) is 11.9 Å². The second-order valence-electron chi connectivity index (χ2n) is 4.23. The van der Waals surface area contributed by atoms with Crippen molar-refractivity contribution in [1.82, 2.24) is 15.3 Å². The zero-order chi connectivity index (χ0) is 14.7. The molecule has 0 aliphatic rings. The summed E-state index contributed by atoms with van der Waals surface area (Å²) in [4.78, 5) is 20.6. The van der Waals surface area contributed by atoms with Gasteiger partial charge in [0.15, 0.2) is 0 Å². The predicted molar refractivity (Wildman–Crippen MR) is 82.3 cm³/mol. The number of halogens is 1. The van der Waals surface area contributed by atoms with Crippen LogP contribution in [-0.4, -0.2) is 22.4 Å². The molecule has 20 heavy (non-hydrogen) atoms. The van der Waals surface area contributed by atoms with Crippen molar-refractivity contribution < 1.29 is 4.79 Å². The number of nitrogens with zero attached hydrogens (tertiary/aromatic N) is 2. The molecule has 0 spiro atoms. The summed E-state index contributed by atoms with van der Waals surface area (Å²) >= 11 is 3.47. The molecule has 1 amide bonds. The Balaban J connectivity index is 2.68. The number of hydrogen-bond donors (Lipinski definition) is 2. The molecule has 0 radical (unpaired) electrons. The summed E-state index contributed by atoms with van der Waals surface area (Å²) in [6.07, 6.45) is 0. The fraction of sp³-hybridized carbons (Fsp3) is 0.214. The van der Waals surface area contributed by atoms with Crippen LogP contribution in [0.5, 0.6) is 0 Å². The van der Waals surface area contributed by atoms with E-state index in [0.29, 0.717) is 23.5 Å². The molecule has 0 saturated heterocycles. The highest BCUT2D eigenvalue weighted by molar-refractivity contribution is 9.10. The molecule has 0 saturated carbocycles. The molecule has 0 aliphatic carbocycles. The van der Waals surface area contributed by atoms with Gasteiger partial charge in [-0.05, 0) is 19.9 Å². The number of nitrogens with two attached hydrogens (primary N) is 1. The summed E-state index contributed by atoms with van der Waals surface area (Å²) in [5, 5.41) is 2.78. The van der Waals surface area contributed by atoms with Crippen molar-refractivity contribution in [2.45, 2.75) is 13.8 Å². The molecule has 1 aromatic heterocycles. The summed E-state index contributed by atoms with van der Waals surface area (Å²) in [5.74, 6) is -0.0444. The van der Waals surface area contributed by atoms with Gasteiger partial charge in [0.1, 0.15) is 0 Å². The average molecular weight is 335 g/mol. The van der Waals surface area contributed by atoms with Gasteiger partial charge >= 0.3 is 0 Å². The maximum Gasteiger partial charge on any atom is 0.255 e. The molecule has 0 aliphatic heterocycles. The topological polar surface area (TPSA) is 80.9 Å². The highest BCUT2D eigenvalue weighted by atomic mass is 79.9. The summed E-state index contributed by atoms with van der Waals surface area (Å²) in [6.45, 7) is 4.16. The molecule has 2 rings (SSSR count). The Kier molecular flexibility index (Phi) is 4.34. The number of aryl methyl sites for hydroxylation is 1. The second-order valence-corrected chi connectivity index (χ2v) is 5.08. The Hall–Kier alpha value is -1.95. The van der Waals surface area contributed by atoms with E-state index in [2.05, 4.69) is 31.2 Å². The average Bonchev–Trinajstić information content (AvgIpc) is 2.38. The lowest BCUT2D eigenvalue weighted by molar-refractivity contribution is 0.0955. The Morgan fingerprint density at radius 3 is 2.70 bits per heavy atom. The number of aromatic nitrogens is 2. The lowest BCUT2D eigenvalue weighted by atomic mass is 10.0. The van der Waals surface area contributed by atoms with E-state index >= 15 is 0 Å². The molecule has 6 heteroatoms. The number of hydrogen-bond acceptors (Lipinski definition) is 4. The third kappa shape index (κ3) is 2.80. The Morgan fingerprint density at radius 1 is 1.35 bits per heavy atom. The largest absolute Gasteiger partial charge is 0.368 e. The summed E-state index contributed by atoms with van der Waals surface area (Å²) in [5.41, 5.74) is 8.08. The van der Waals surface area contributed by atoms with E-state index < -0.39 is 0 Å². The Labute approximate surface area is 125 Å². The Bertz CT molecular complexity index is 658. The van der Waals surface area contributed by atoms with E-state index in [9.17, 15) is 4.79 Å². The van der Waals surface area contributed by atoms with Gasteiger partial charge in [0.2, 0.25) is 5.95 Å². The van der Waals surface area contributed by atoms with E-state index in [1.54, 1.807) is 6.92 Å². The van der Waals surface area contributed by atoms with Crippen molar-refractivity contribution in [3.8, 4) is 11.3 Å². The summed E-state index contributed by atoms with van der Waals surface area (Å²) < 4.78 is 0.850. The standard InChI is InChI=1S/C14H15BrN4O/c1-3-17-13(20)11-8(2)18-14(16)19-12(11)9-6-4-5-7-10(9)15/h4-7H,3H2,1-2H3,(H,17,20)(H2,16,18,19). The molecule has 0 fully saturated rings. The van der Waals surface area contributed by atoms with Crippen molar-refractivity contribution in [1.29, 1.82) is 0 Å². The number of carbonyl (C=O) groups is 1. The van der Waals surface area contributed by atoms with Gasteiger partial charge in [-0.25, -0.2) is 9.97 Å². The van der Waals surface area contributed by atoms with Gasteiger partial charge in [0, 0.05) is 16.6 Å². The van der Waals surface area contributed by atoms with Gasteiger partial charge in [0.05, 0.1) is 17.0 Å². The summed E-state index contributed by atoms with van der Waals surface area (Å²) in [7, 11) is 0. The zero-order valence-electron chi connectivity index (χ0n) is 11.3. The van der Waals surface area contributed by atoms with Gasteiger partial charge < -0.3 is 11.1 Å². The first kappa shape index (κ1) is 14.5. The maximum atomic E-state index is 12.2. The lowest BCUT2D eigenvalue weighted by Gasteiger charge is -2.13. The van der Waals surface area contributed by atoms with Crippen LogP contribution < -0.4 is 11.1 Å². The SMILES string of the molecule is CCNC(=O)c1c(C)nc(N)nc1-c1ccccc1Br. The van der Waals surface area contributed by atoms with Crippen molar-refractivity contribution >= 4 is 27.8 Å². The highest BCUT2D eigenvalue weighted by Crippen LogP contribution is 2.30. The van der Waals surface area contributed by atoms with Crippen LogP contribution in [-0.2, 0) is 0 Å². The number of rotatable bonds is 3. The molecule has 5 nitrogen and oxygen atoms in total. The Morgan fingerprint density at radius 2 is 2.05 bits per heavy atom. The lowest BCUT2D eigenvalue weighted by Crippen LogP contribution is -2.25. The predicted octanol–water partition coefficient (Wildman–Crippen LogP) is 2.55. The smallest absolute Gasteiger partial charge is 0.255 e. The van der Waals surface area contributed by atoms with Gasteiger partial charge in [-0.1, -0.05) is 34.1 Å². The second kappa shape index (κ2) is 6.00. The molecule has 104 valence electrons. The molecule has 1 heterocycles. The first-order chi connectivity index (χ1) is 9.54. The van der Waals surface area contributed by atoms with Crippen LogP contribution in [0, 0.1) is 6.92 Å². The van der Waals surface area contributed by atoms with Crippen molar-refractivity contribution in [3.63, 3.8) is 0 Å². The van der Waals surface area contributed by atoms with E-state index in [0.717, 1.165) is 10.0 Å². The molecule has 3 N–H and O–H groups in total. The van der Waals surface area contributed by atoms with Gasteiger partial charge in [0.25, 0.3) is 5.91 Å². The third-order valence-corrected chi connectivity index (χ3v) is 3.49. The van der Waals surface area contributed by atoms with Crippen molar-refractivity contribution in [2.24, 2.45) is 0 Å². The molecular formula is C14H15BrN4O. The maximum absolute atomic E-state index is 12.2. The van der Waals surface area contributed by atoms with Crippen LogP contribution >= 0.6 is 15.9 Å². The van der Waals surface area contributed by atoms with Gasteiger partial charge in [-0.3, -0.25) is 4.79 Å². The minimum Gasteiger partial charge on any atom is -0.368 e. The van der Waals surface area contributed by atoms with Gasteiger partial charge in [-0.15, -0.1) is 0 Å². The van der Waals surface area contributed by atoms with Gasteiger partial charge in [-0.2, -0.15) is 0 Å². The van der Waals surface area contributed by atoms with E-state index in [1.807, 2.05) is 31.2 Å². The van der Waals surface area contributed by atoms with Crippen LogP contribution in [0.2, 0.25) is 0 Å². The quantitative estimate of drug-likeness (QED) is 0.903. The van der Waals surface area contributed by atoms with E-state index in [4.69, 9.17) is 5.73 Å². The summed E-state index contributed by atoms with van der Waals surface area (Å²) in [6, 6.07) is 7.56. The number of benzene rings is 1. The first-order valence-corrected chi connectivity index (χ1v) is 7.01. The first-order valence-electron chi connectivity index (χ1n) is 6.21. The van der Waals surface area contributed by atoms with Crippen LogP contribution in [0.25, 0.3) is 11.3 Å². The van der Waals surface area contributed by atoms with Crippen LogP contribution in [0.15, 0.2) is 28.7 Å². The minimum absolute atomic E-state index is 0.154. The zero-order valence-corrected chi connectivity index (χ0v) is 12.9. The normalized spacial score (nSPS) is 10.3. The number of anilines is 1. The molecule has 2 aromatic rings. The monoisotopic (exact) mass is 334 g/mol. The molecule has 0 unspecified atom stereocenters. The third-order valence-electron chi connectivity index (χ3n) is 2.80.